The number of nitrogens with zero attached hydrogens (tertiary/aromatic N) is 5. The van der Waals surface area contributed by atoms with Gasteiger partial charge in [0.15, 0.2) is 11.2 Å². The summed E-state index contributed by atoms with van der Waals surface area (Å²) >= 11 is 0. The highest BCUT2D eigenvalue weighted by molar-refractivity contribution is 6.44. The Labute approximate surface area is 171 Å². The quantitative estimate of drug-likeness (QED) is 0.538. The van der Waals surface area contributed by atoms with Crippen molar-refractivity contribution in [1.82, 2.24) is 28.9 Å². The number of rotatable bonds is 6. The second kappa shape index (κ2) is 7.54. The lowest BCUT2D eigenvalue weighted by Crippen LogP contribution is -2.39. The lowest BCUT2D eigenvalue weighted by Gasteiger charge is -2.20. The first kappa shape index (κ1) is 20.0. The van der Waals surface area contributed by atoms with Crippen molar-refractivity contribution in [3.05, 3.63) is 26.7 Å². The molecule has 160 valence electrons. The number of imidazole rings is 1. The van der Waals surface area contributed by atoms with Gasteiger partial charge in [0, 0.05) is 19.6 Å². The minimum atomic E-state index is -0.892. The molecule has 2 aromatic heterocycles. The van der Waals surface area contributed by atoms with Gasteiger partial charge in [-0.2, -0.15) is 0 Å². The number of H-pyrrole nitrogens is 1. The molecule has 0 unspecified atom stereocenters. The summed E-state index contributed by atoms with van der Waals surface area (Å²) in [5, 5.41) is 0. The molecular formula is C19H24N6O5. The molecule has 2 fully saturated rings. The maximum absolute atomic E-state index is 12.8. The molecule has 1 saturated carbocycles. The topological polar surface area (TPSA) is 130 Å². The van der Waals surface area contributed by atoms with Gasteiger partial charge < -0.3 is 4.57 Å². The van der Waals surface area contributed by atoms with Crippen LogP contribution in [0.25, 0.3) is 11.2 Å². The number of hydrogen-bond acceptors (Lipinski definition) is 6. The highest BCUT2D eigenvalue weighted by atomic mass is 16.2. The fourth-order valence-electron chi connectivity index (χ4n) is 4.24. The van der Waals surface area contributed by atoms with Crippen molar-refractivity contribution in [2.45, 2.75) is 64.6 Å². The minimum Gasteiger partial charge on any atom is -0.324 e. The molecular weight excluding hydrogens is 392 g/mol. The lowest BCUT2D eigenvalue weighted by molar-refractivity contribution is -0.144. The predicted molar refractivity (Wildman–Crippen MR) is 106 cm³/mol. The van der Waals surface area contributed by atoms with Crippen LogP contribution in [0.4, 0.5) is 4.79 Å². The summed E-state index contributed by atoms with van der Waals surface area (Å²) < 4.78 is 2.84. The number of urea groups is 1. The van der Waals surface area contributed by atoms with Crippen LogP contribution in [0.1, 0.15) is 51.3 Å². The van der Waals surface area contributed by atoms with Gasteiger partial charge in [-0.15, -0.1) is 0 Å². The second-order valence-corrected chi connectivity index (χ2v) is 7.81. The zero-order valence-corrected chi connectivity index (χ0v) is 17.0. The zero-order chi connectivity index (χ0) is 21.6. The number of hydrogen-bond donors (Lipinski definition) is 1. The Morgan fingerprint density at radius 2 is 1.77 bits per heavy atom. The molecule has 2 aliphatic rings. The fraction of sp³-hybridized carbons (Fsp3) is 0.579. The molecule has 0 radical (unpaired) electrons. The first-order chi connectivity index (χ1) is 14.3. The average molecular weight is 416 g/mol. The van der Waals surface area contributed by atoms with E-state index in [2.05, 4.69) is 9.97 Å². The van der Waals surface area contributed by atoms with Crippen LogP contribution >= 0.6 is 0 Å². The van der Waals surface area contributed by atoms with Gasteiger partial charge in [0.25, 0.3) is 5.56 Å². The maximum atomic E-state index is 12.8. The Bertz CT molecular complexity index is 1150. The molecule has 11 heteroatoms. The lowest BCUT2D eigenvalue weighted by atomic mass is 10.2. The fourth-order valence-corrected chi connectivity index (χ4v) is 4.24. The maximum Gasteiger partial charge on any atom is 0.334 e. The molecule has 3 heterocycles. The normalized spacial score (nSPS) is 17.9. The molecule has 11 nitrogen and oxygen atoms in total. The first-order valence-corrected chi connectivity index (χ1v) is 10.2. The second-order valence-electron chi connectivity index (χ2n) is 7.81. The number of aromatic nitrogens is 4. The van der Waals surface area contributed by atoms with E-state index in [1.54, 1.807) is 7.05 Å². The van der Waals surface area contributed by atoms with Gasteiger partial charge >= 0.3 is 23.5 Å². The molecule has 1 aliphatic heterocycles. The Hall–Kier alpha value is -3.24. The summed E-state index contributed by atoms with van der Waals surface area (Å²) in [6, 6.07) is -0.900. The number of unbranched alkanes of at least 4 members (excludes halogenated alkanes) is 1. The van der Waals surface area contributed by atoms with E-state index in [0.717, 1.165) is 35.5 Å². The molecule has 0 aromatic carbocycles. The van der Waals surface area contributed by atoms with Crippen LogP contribution in [0.5, 0.6) is 0 Å². The van der Waals surface area contributed by atoms with Crippen LogP contribution in [0.15, 0.2) is 9.59 Å². The Balaban J connectivity index is 1.71. The molecule has 1 aliphatic carbocycles. The van der Waals surface area contributed by atoms with Gasteiger partial charge in [-0.25, -0.2) is 19.5 Å². The predicted octanol–water partition coefficient (Wildman–Crippen LogP) is 0.457. The number of amides is 4. The summed E-state index contributed by atoms with van der Waals surface area (Å²) in [6.07, 6.45) is 4.80. The summed E-state index contributed by atoms with van der Waals surface area (Å²) in [5.74, 6) is -1.46. The van der Waals surface area contributed by atoms with E-state index in [9.17, 15) is 24.0 Å². The molecule has 4 amide bonds. The number of imide groups is 2. The largest absolute Gasteiger partial charge is 0.334 e. The van der Waals surface area contributed by atoms with Crippen molar-refractivity contribution in [3.63, 3.8) is 0 Å². The summed E-state index contributed by atoms with van der Waals surface area (Å²) in [7, 11) is 1.58. The summed E-state index contributed by atoms with van der Waals surface area (Å²) in [6.45, 7) is 2.11. The Kier molecular flexibility index (Phi) is 5.04. The van der Waals surface area contributed by atoms with E-state index in [1.165, 1.54) is 9.13 Å². The van der Waals surface area contributed by atoms with Crippen LogP contribution in [0.3, 0.4) is 0 Å². The Morgan fingerprint density at radius 3 is 2.43 bits per heavy atom. The molecule has 0 atom stereocenters. The molecule has 0 spiro atoms. The van der Waals surface area contributed by atoms with Gasteiger partial charge in [0.2, 0.25) is 0 Å². The van der Waals surface area contributed by atoms with Crippen molar-refractivity contribution >= 4 is 29.0 Å². The molecule has 4 rings (SSSR count). The molecule has 30 heavy (non-hydrogen) atoms. The van der Waals surface area contributed by atoms with E-state index in [0.29, 0.717) is 19.4 Å². The van der Waals surface area contributed by atoms with Gasteiger partial charge in [-0.05, 0) is 19.3 Å². The number of carbonyl (C=O) groups excluding carboxylic acids is 3. The van der Waals surface area contributed by atoms with Crippen LogP contribution < -0.4 is 11.2 Å². The third-order valence-electron chi connectivity index (χ3n) is 5.91. The van der Waals surface area contributed by atoms with Crippen molar-refractivity contribution < 1.29 is 14.4 Å². The van der Waals surface area contributed by atoms with Gasteiger partial charge in [0.05, 0.1) is 6.54 Å². The number of carbonyl (C=O) groups is 3. The summed E-state index contributed by atoms with van der Waals surface area (Å²) in [4.78, 5) is 71.0. The summed E-state index contributed by atoms with van der Waals surface area (Å²) in [5.41, 5.74) is -0.764. The van der Waals surface area contributed by atoms with Crippen LogP contribution in [0, 0.1) is 0 Å². The Morgan fingerprint density at radius 1 is 1.07 bits per heavy atom. The van der Waals surface area contributed by atoms with E-state index in [4.69, 9.17) is 0 Å². The third kappa shape index (κ3) is 3.04. The minimum absolute atomic E-state index is 0.179. The number of aromatic amines is 1. The molecule has 2 aromatic rings. The first-order valence-electron chi connectivity index (χ1n) is 10.2. The highest BCUT2D eigenvalue weighted by Gasteiger charge is 2.48. The molecule has 0 bridgehead atoms. The van der Waals surface area contributed by atoms with Crippen molar-refractivity contribution in [2.24, 2.45) is 7.05 Å². The van der Waals surface area contributed by atoms with Crippen LogP contribution in [-0.4, -0.2) is 52.8 Å². The number of aryl methyl sites for hydroxylation is 2. The van der Waals surface area contributed by atoms with Gasteiger partial charge in [0.1, 0.15) is 5.82 Å². The number of fused-ring (bicyclic) bond motifs is 1. The van der Waals surface area contributed by atoms with Crippen molar-refractivity contribution in [2.75, 3.05) is 0 Å². The van der Waals surface area contributed by atoms with Gasteiger partial charge in [-0.1, -0.05) is 26.2 Å². The molecule has 1 N–H and O–H groups in total. The monoisotopic (exact) mass is 416 g/mol. The molecule has 1 saturated heterocycles. The smallest absolute Gasteiger partial charge is 0.324 e. The SMILES string of the molecule is CCCCn1c(=O)[nH]c(=O)c2c1nc(CN1C(=O)C(=O)N(C3CCCC3)C1=O)n2C. The zero-order valence-electron chi connectivity index (χ0n) is 17.0. The van der Waals surface area contributed by atoms with Crippen molar-refractivity contribution in [1.29, 1.82) is 0 Å². The van der Waals surface area contributed by atoms with Gasteiger partial charge in [-0.3, -0.25) is 28.8 Å². The van der Waals surface area contributed by atoms with E-state index in [1.807, 2.05) is 6.92 Å². The van der Waals surface area contributed by atoms with Crippen LogP contribution in [0.2, 0.25) is 0 Å². The van der Waals surface area contributed by atoms with E-state index < -0.39 is 29.1 Å². The van der Waals surface area contributed by atoms with E-state index in [-0.39, 0.29) is 29.6 Å². The highest BCUT2D eigenvalue weighted by Crippen LogP contribution is 2.28. The third-order valence-corrected chi connectivity index (χ3v) is 5.91. The number of nitrogens with one attached hydrogen (secondary N) is 1. The standard InChI is InChI=1S/C19H24N6O5/c1-3-4-9-23-14-13(15(26)21-18(23)29)22(2)12(20-14)10-24-16(27)17(28)25(19(24)30)11-7-5-6-8-11/h11H,3-10H2,1-2H3,(H,21,26,29). The average Bonchev–Trinajstić information content (AvgIpc) is 3.38. The van der Waals surface area contributed by atoms with Crippen LogP contribution in [-0.2, 0) is 29.7 Å². The van der Waals surface area contributed by atoms with Crippen molar-refractivity contribution in [3.8, 4) is 0 Å². The van der Waals surface area contributed by atoms with E-state index >= 15 is 0 Å².